The first-order valence-electron chi connectivity index (χ1n) is 12.9. The molecule has 2 N–H and O–H groups in total. The number of benzene rings is 1. The standard InChI is InChI=1S/C27H31N7O5/c1-16(39-17(2)35)26(36)29-13-18-6-8-20(9-7-18)33-15-19-11-21(23(38-3)12-22(19)32-33)27(37)31-25-14-28-24-5-4-10-30-34(24)25/h4-5,10-12,14-16,18,20H,6-9,13H2,1-3H3,(H,29,36)(H,31,37)/t16-,18?,20?/m1/s1. The number of carbonyl (C=O) groups is 3. The molecule has 5 rings (SSSR count). The van der Waals surface area contributed by atoms with Gasteiger partial charge in [0.1, 0.15) is 5.75 Å². The summed E-state index contributed by atoms with van der Waals surface area (Å²) in [6.07, 6.45) is 8.07. The Hall–Kier alpha value is -4.48. The summed E-state index contributed by atoms with van der Waals surface area (Å²) in [5.41, 5.74) is 1.76. The average Bonchev–Trinajstić information content (AvgIpc) is 3.54. The van der Waals surface area contributed by atoms with Crippen LogP contribution in [0.5, 0.6) is 5.75 Å². The maximum absolute atomic E-state index is 13.2. The van der Waals surface area contributed by atoms with E-state index in [1.165, 1.54) is 14.0 Å². The maximum atomic E-state index is 13.2. The predicted molar refractivity (Wildman–Crippen MR) is 142 cm³/mol. The molecule has 0 unspecified atom stereocenters. The van der Waals surface area contributed by atoms with Crippen molar-refractivity contribution in [2.75, 3.05) is 19.0 Å². The smallest absolute Gasteiger partial charge is 0.303 e. The van der Waals surface area contributed by atoms with Crippen LogP contribution in [0.3, 0.4) is 0 Å². The zero-order valence-electron chi connectivity index (χ0n) is 22.1. The summed E-state index contributed by atoms with van der Waals surface area (Å²) in [6, 6.07) is 7.37. The molecule has 1 aromatic carbocycles. The first kappa shape index (κ1) is 26.1. The summed E-state index contributed by atoms with van der Waals surface area (Å²) >= 11 is 0. The molecule has 3 aromatic heterocycles. The molecule has 1 fully saturated rings. The number of rotatable bonds is 8. The number of carbonyl (C=O) groups excluding carboxylic acids is 3. The summed E-state index contributed by atoms with van der Waals surface area (Å²) in [5.74, 6) is 0.150. The van der Waals surface area contributed by atoms with Gasteiger partial charge in [0, 0.05) is 37.3 Å². The summed E-state index contributed by atoms with van der Waals surface area (Å²) in [7, 11) is 1.53. The quantitative estimate of drug-likeness (QED) is 0.329. The van der Waals surface area contributed by atoms with Crippen molar-refractivity contribution in [2.24, 2.45) is 5.92 Å². The van der Waals surface area contributed by atoms with Gasteiger partial charge in [-0.05, 0) is 56.7 Å². The van der Waals surface area contributed by atoms with E-state index in [0.29, 0.717) is 35.2 Å². The van der Waals surface area contributed by atoms with E-state index in [1.54, 1.807) is 48.1 Å². The van der Waals surface area contributed by atoms with Gasteiger partial charge < -0.3 is 20.1 Å². The van der Waals surface area contributed by atoms with Crippen molar-refractivity contribution >= 4 is 40.2 Å². The number of hydrogen-bond acceptors (Lipinski definition) is 8. The maximum Gasteiger partial charge on any atom is 0.303 e. The lowest BCUT2D eigenvalue weighted by Crippen LogP contribution is -2.38. The van der Waals surface area contributed by atoms with E-state index in [0.717, 1.165) is 36.6 Å². The third kappa shape index (κ3) is 5.69. The van der Waals surface area contributed by atoms with Gasteiger partial charge in [0.2, 0.25) is 0 Å². The Morgan fingerprint density at radius 1 is 1.18 bits per heavy atom. The van der Waals surface area contributed by atoms with Crippen LogP contribution in [0.4, 0.5) is 5.82 Å². The third-order valence-corrected chi connectivity index (χ3v) is 7.07. The molecule has 1 aliphatic rings. The van der Waals surface area contributed by atoms with Crippen molar-refractivity contribution in [2.45, 2.75) is 51.7 Å². The van der Waals surface area contributed by atoms with E-state index in [4.69, 9.17) is 14.6 Å². The van der Waals surface area contributed by atoms with Gasteiger partial charge in [-0.2, -0.15) is 14.7 Å². The molecule has 0 bridgehead atoms. The molecule has 204 valence electrons. The third-order valence-electron chi connectivity index (χ3n) is 7.07. The highest BCUT2D eigenvalue weighted by molar-refractivity contribution is 6.08. The second kappa shape index (κ2) is 11.1. The molecular weight excluding hydrogens is 502 g/mol. The van der Waals surface area contributed by atoms with Crippen LogP contribution in [0.15, 0.2) is 42.9 Å². The molecule has 4 aromatic rings. The lowest BCUT2D eigenvalue weighted by atomic mass is 9.86. The lowest BCUT2D eigenvalue weighted by Gasteiger charge is -2.29. The van der Waals surface area contributed by atoms with Crippen LogP contribution in [0.25, 0.3) is 16.6 Å². The SMILES string of the molecule is COc1cc2nn(C3CCC(CNC(=O)[C@@H](C)OC(C)=O)CC3)cc2cc1C(=O)Nc1cnc2cccnn12. The Balaban J connectivity index is 1.24. The number of anilines is 1. The second-order valence-corrected chi connectivity index (χ2v) is 9.78. The molecule has 0 radical (unpaired) electrons. The molecule has 1 atom stereocenters. The first-order chi connectivity index (χ1) is 18.8. The predicted octanol–water partition coefficient (Wildman–Crippen LogP) is 3.14. The number of esters is 1. The molecule has 12 heteroatoms. The van der Waals surface area contributed by atoms with Crippen LogP contribution in [0.2, 0.25) is 0 Å². The zero-order chi connectivity index (χ0) is 27.5. The molecule has 1 saturated carbocycles. The number of imidazole rings is 1. The van der Waals surface area contributed by atoms with Crippen LogP contribution in [0, 0.1) is 5.92 Å². The van der Waals surface area contributed by atoms with Crippen molar-refractivity contribution in [1.82, 2.24) is 29.7 Å². The van der Waals surface area contributed by atoms with E-state index in [1.807, 2.05) is 10.9 Å². The van der Waals surface area contributed by atoms with Gasteiger partial charge in [-0.1, -0.05) is 0 Å². The van der Waals surface area contributed by atoms with Gasteiger partial charge in [0.25, 0.3) is 11.8 Å². The fourth-order valence-corrected chi connectivity index (χ4v) is 5.01. The van der Waals surface area contributed by atoms with Gasteiger partial charge in [-0.15, -0.1) is 0 Å². The Bertz CT molecular complexity index is 1520. The largest absolute Gasteiger partial charge is 0.496 e. The molecule has 0 aliphatic heterocycles. The summed E-state index contributed by atoms with van der Waals surface area (Å²) in [6.45, 7) is 3.41. The Morgan fingerprint density at radius 3 is 2.72 bits per heavy atom. The fourth-order valence-electron chi connectivity index (χ4n) is 5.01. The van der Waals surface area contributed by atoms with E-state index in [2.05, 4.69) is 20.7 Å². The lowest BCUT2D eigenvalue weighted by molar-refractivity contribution is -0.152. The average molecular weight is 534 g/mol. The molecule has 39 heavy (non-hydrogen) atoms. The number of ether oxygens (including phenoxy) is 2. The van der Waals surface area contributed by atoms with Gasteiger partial charge in [-0.3, -0.25) is 19.1 Å². The Kier molecular flexibility index (Phi) is 7.44. The van der Waals surface area contributed by atoms with Crippen molar-refractivity contribution in [3.63, 3.8) is 0 Å². The molecule has 12 nitrogen and oxygen atoms in total. The van der Waals surface area contributed by atoms with Gasteiger partial charge in [0.05, 0.1) is 30.4 Å². The Morgan fingerprint density at radius 2 is 1.97 bits per heavy atom. The van der Waals surface area contributed by atoms with Crippen LogP contribution in [-0.2, 0) is 14.3 Å². The zero-order valence-corrected chi connectivity index (χ0v) is 22.1. The number of hydrogen-bond donors (Lipinski definition) is 2. The van der Waals surface area contributed by atoms with Gasteiger partial charge in [0.15, 0.2) is 17.6 Å². The van der Waals surface area contributed by atoms with Crippen LogP contribution in [-0.4, -0.2) is 61.9 Å². The highest BCUT2D eigenvalue weighted by atomic mass is 16.5. The van der Waals surface area contributed by atoms with E-state index in [-0.39, 0.29) is 17.9 Å². The first-order valence-corrected chi connectivity index (χ1v) is 12.9. The minimum atomic E-state index is -0.796. The molecule has 2 amide bonds. The number of nitrogens with zero attached hydrogens (tertiary/aromatic N) is 5. The minimum Gasteiger partial charge on any atom is -0.496 e. The number of aromatic nitrogens is 5. The van der Waals surface area contributed by atoms with Gasteiger partial charge >= 0.3 is 5.97 Å². The van der Waals surface area contributed by atoms with Crippen molar-refractivity contribution in [3.8, 4) is 5.75 Å². The highest BCUT2D eigenvalue weighted by Crippen LogP contribution is 2.34. The number of fused-ring (bicyclic) bond motifs is 2. The highest BCUT2D eigenvalue weighted by Gasteiger charge is 2.25. The molecular formula is C27H31N7O5. The minimum absolute atomic E-state index is 0.219. The van der Waals surface area contributed by atoms with Crippen LogP contribution >= 0.6 is 0 Å². The molecule has 1 aliphatic carbocycles. The van der Waals surface area contributed by atoms with E-state index in [9.17, 15) is 14.4 Å². The Labute approximate surface area is 224 Å². The van der Waals surface area contributed by atoms with Crippen LogP contribution < -0.4 is 15.4 Å². The monoisotopic (exact) mass is 533 g/mol. The van der Waals surface area contributed by atoms with E-state index < -0.39 is 12.1 Å². The van der Waals surface area contributed by atoms with Crippen molar-refractivity contribution < 1.29 is 23.9 Å². The summed E-state index contributed by atoms with van der Waals surface area (Å²) in [5, 5.41) is 15.6. The topological polar surface area (TPSA) is 142 Å². The molecule has 0 spiro atoms. The summed E-state index contributed by atoms with van der Waals surface area (Å²) < 4.78 is 14.0. The van der Waals surface area contributed by atoms with Gasteiger partial charge in [-0.25, -0.2) is 4.98 Å². The second-order valence-electron chi connectivity index (χ2n) is 9.78. The number of nitrogens with one attached hydrogen (secondary N) is 2. The van der Waals surface area contributed by atoms with E-state index >= 15 is 0 Å². The fraction of sp³-hybridized carbons (Fsp3) is 0.407. The van der Waals surface area contributed by atoms with Crippen molar-refractivity contribution in [1.29, 1.82) is 0 Å². The summed E-state index contributed by atoms with van der Waals surface area (Å²) in [4.78, 5) is 40.6. The molecule has 0 saturated heterocycles. The van der Waals surface area contributed by atoms with Crippen molar-refractivity contribution in [3.05, 3.63) is 48.4 Å². The number of amides is 2. The normalized spacial score (nSPS) is 18.0. The van der Waals surface area contributed by atoms with Crippen LogP contribution in [0.1, 0.15) is 55.9 Å². The number of methoxy groups -OCH3 is 1. The molecule has 3 heterocycles.